The van der Waals surface area contributed by atoms with Gasteiger partial charge in [0.15, 0.2) is 0 Å². The van der Waals surface area contributed by atoms with Crippen LogP contribution in [0.2, 0.25) is 5.02 Å². The van der Waals surface area contributed by atoms with Crippen LogP contribution in [0.4, 0.5) is 5.69 Å². The van der Waals surface area contributed by atoms with E-state index in [9.17, 15) is 8.42 Å². The summed E-state index contributed by atoms with van der Waals surface area (Å²) in [5.41, 5.74) is 5.91. The van der Waals surface area contributed by atoms with Gasteiger partial charge in [0.25, 0.3) is 0 Å². The minimum Gasteiger partial charge on any atom is -0.397 e. The molecule has 18 heavy (non-hydrogen) atoms. The fraction of sp³-hybridized carbons (Fsp3) is 0.500. The molecule has 3 N–H and O–H groups in total. The van der Waals surface area contributed by atoms with Gasteiger partial charge in [-0.25, -0.2) is 13.1 Å². The first-order valence-electron chi connectivity index (χ1n) is 6.06. The van der Waals surface area contributed by atoms with Crippen LogP contribution in [0.1, 0.15) is 32.1 Å². The van der Waals surface area contributed by atoms with Crippen LogP contribution in [0, 0.1) is 0 Å². The second kappa shape index (κ2) is 5.47. The van der Waals surface area contributed by atoms with Crippen molar-refractivity contribution in [2.45, 2.75) is 43.0 Å². The standard InChI is InChI=1S/C12H17ClN2O2S/c13-11-7-6-10(8-12(11)14)18(16,17)15-9-4-2-1-3-5-9/h6-9,15H,1-5,14H2. The Labute approximate surface area is 113 Å². The van der Waals surface area contributed by atoms with E-state index in [4.69, 9.17) is 17.3 Å². The van der Waals surface area contributed by atoms with E-state index in [0.29, 0.717) is 5.02 Å². The summed E-state index contributed by atoms with van der Waals surface area (Å²) in [6, 6.07) is 4.42. The minimum absolute atomic E-state index is 0.0423. The molecule has 0 saturated heterocycles. The molecule has 0 amide bonds. The van der Waals surface area contributed by atoms with E-state index in [-0.39, 0.29) is 16.6 Å². The Morgan fingerprint density at radius 2 is 1.89 bits per heavy atom. The number of hydrogen-bond acceptors (Lipinski definition) is 3. The molecule has 0 radical (unpaired) electrons. The number of sulfonamides is 1. The van der Waals surface area contributed by atoms with E-state index in [1.807, 2.05) is 0 Å². The average Bonchev–Trinajstić information content (AvgIpc) is 2.33. The predicted molar refractivity (Wildman–Crippen MR) is 73.1 cm³/mol. The number of anilines is 1. The lowest BCUT2D eigenvalue weighted by Crippen LogP contribution is -2.36. The van der Waals surface area contributed by atoms with Crippen molar-refractivity contribution >= 4 is 27.3 Å². The van der Waals surface area contributed by atoms with Crippen molar-refractivity contribution in [3.8, 4) is 0 Å². The molecule has 0 spiro atoms. The molecule has 6 heteroatoms. The molecule has 2 rings (SSSR count). The Kier molecular flexibility index (Phi) is 4.14. The van der Waals surface area contributed by atoms with Crippen molar-refractivity contribution in [1.29, 1.82) is 0 Å². The summed E-state index contributed by atoms with van der Waals surface area (Å²) in [5, 5.41) is 0.367. The molecule has 1 aromatic carbocycles. The van der Waals surface area contributed by atoms with Gasteiger partial charge in [0.05, 0.1) is 15.6 Å². The normalized spacial score (nSPS) is 17.8. The molecule has 4 nitrogen and oxygen atoms in total. The summed E-state index contributed by atoms with van der Waals surface area (Å²) >= 11 is 5.78. The van der Waals surface area contributed by atoms with Crippen molar-refractivity contribution in [3.63, 3.8) is 0 Å². The van der Waals surface area contributed by atoms with Crippen LogP contribution in [-0.4, -0.2) is 14.5 Å². The van der Waals surface area contributed by atoms with Crippen molar-refractivity contribution < 1.29 is 8.42 Å². The van der Waals surface area contributed by atoms with Crippen molar-refractivity contribution in [1.82, 2.24) is 4.72 Å². The maximum absolute atomic E-state index is 12.2. The van der Waals surface area contributed by atoms with Crippen LogP contribution in [0.25, 0.3) is 0 Å². The second-order valence-electron chi connectivity index (χ2n) is 4.64. The van der Waals surface area contributed by atoms with Crippen LogP contribution in [0.15, 0.2) is 23.1 Å². The van der Waals surface area contributed by atoms with Crippen LogP contribution >= 0.6 is 11.6 Å². The Bertz CT molecular complexity index is 525. The number of nitrogens with one attached hydrogen (secondary N) is 1. The number of nitrogen functional groups attached to an aromatic ring is 1. The van der Waals surface area contributed by atoms with E-state index in [1.54, 1.807) is 0 Å². The zero-order valence-corrected chi connectivity index (χ0v) is 11.6. The van der Waals surface area contributed by atoms with Gasteiger partial charge in [-0.1, -0.05) is 30.9 Å². The number of rotatable bonds is 3. The molecule has 1 aliphatic rings. The number of halogens is 1. The third-order valence-corrected chi connectivity index (χ3v) is 5.07. The van der Waals surface area contributed by atoms with Gasteiger partial charge >= 0.3 is 0 Å². The lowest BCUT2D eigenvalue weighted by Gasteiger charge is -2.22. The van der Waals surface area contributed by atoms with Crippen molar-refractivity contribution in [2.24, 2.45) is 0 Å². The average molecular weight is 289 g/mol. The van der Waals surface area contributed by atoms with Gasteiger partial charge in [-0.15, -0.1) is 0 Å². The summed E-state index contributed by atoms with van der Waals surface area (Å²) in [7, 11) is -3.49. The lowest BCUT2D eigenvalue weighted by atomic mass is 9.96. The molecular weight excluding hydrogens is 272 g/mol. The minimum atomic E-state index is -3.49. The number of nitrogens with two attached hydrogens (primary N) is 1. The molecule has 0 aliphatic heterocycles. The molecule has 0 heterocycles. The molecule has 100 valence electrons. The van der Waals surface area contributed by atoms with Crippen LogP contribution < -0.4 is 10.5 Å². The zero-order chi connectivity index (χ0) is 13.2. The van der Waals surface area contributed by atoms with Gasteiger partial charge in [-0.3, -0.25) is 0 Å². The maximum atomic E-state index is 12.2. The second-order valence-corrected chi connectivity index (χ2v) is 6.76. The molecule has 0 aromatic heterocycles. The Balaban J connectivity index is 2.16. The molecule has 1 fully saturated rings. The summed E-state index contributed by atoms with van der Waals surface area (Å²) in [4.78, 5) is 0.176. The largest absolute Gasteiger partial charge is 0.397 e. The Hall–Kier alpha value is -0.780. The van der Waals surface area contributed by atoms with Gasteiger partial charge in [-0.05, 0) is 31.0 Å². The first-order valence-corrected chi connectivity index (χ1v) is 7.92. The highest BCUT2D eigenvalue weighted by atomic mass is 35.5. The van der Waals surface area contributed by atoms with Gasteiger partial charge in [-0.2, -0.15) is 0 Å². The molecule has 1 aromatic rings. The molecular formula is C12H17ClN2O2S. The van der Waals surface area contributed by atoms with Gasteiger partial charge in [0.1, 0.15) is 0 Å². The maximum Gasteiger partial charge on any atom is 0.240 e. The van der Waals surface area contributed by atoms with Gasteiger partial charge < -0.3 is 5.73 Å². The SMILES string of the molecule is Nc1cc(S(=O)(=O)NC2CCCCC2)ccc1Cl. The fourth-order valence-electron chi connectivity index (χ4n) is 2.20. The van der Waals surface area contributed by atoms with Crippen molar-refractivity contribution in [3.05, 3.63) is 23.2 Å². The molecule has 0 bridgehead atoms. The van der Waals surface area contributed by atoms with E-state index >= 15 is 0 Å². The van der Waals surface area contributed by atoms with E-state index < -0.39 is 10.0 Å². The molecule has 1 saturated carbocycles. The monoisotopic (exact) mass is 288 g/mol. The topological polar surface area (TPSA) is 72.2 Å². The van der Waals surface area contributed by atoms with Crippen molar-refractivity contribution in [2.75, 3.05) is 5.73 Å². The smallest absolute Gasteiger partial charge is 0.240 e. The van der Waals surface area contributed by atoms with Crippen LogP contribution in [-0.2, 0) is 10.0 Å². The predicted octanol–water partition coefficient (Wildman–Crippen LogP) is 2.53. The molecule has 0 atom stereocenters. The fourth-order valence-corrected chi connectivity index (χ4v) is 3.65. The Morgan fingerprint density at radius 3 is 2.50 bits per heavy atom. The van der Waals surface area contributed by atoms with E-state index in [0.717, 1.165) is 25.7 Å². The van der Waals surface area contributed by atoms with E-state index in [1.165, 1.54) is 24.6 Å². The Morgan fingerprint density at radius 1 is 1.22 bits per heavy atom. The first-order chi connectivity index (χ1) is 8.49. The third kappa shape index (κ3) is 3.16. The molecule has 0 unspecified atom stereocenters. The number of benzene rings is 1. The first kappa shape index (κ1) is 13.6. The van der Waals surface area contributed by atoms with Crippen LogP contribution in [0.3, 0.4) is 0 Å². The summed E-state index contributed by atoms with van der Waals surface area (Å²) in [6.45, 7) is 0. The van der Waals surface area contributed by atoms with Gasteiger partial charge in [0, 0.05) is 6.04 Å². The number of hydrogen-bond donors (Lipinski definition) is 2. The highest BCUT2D eigenvalue weighted by molar-refractivity contribution is 7.89. The van der Waals surface area contributed by atoms with Crippen LogP contribution in [0.5, 0.6) is 0 Å². The highest BCUT2D eigenvalue weighted by Crippen LogP contribution is 2.24. The van der Waals surface area contributed by atoms with E-state index in [2.05, 4.69) is 4.72 Å². The highest BCUT2D eigenvalue weighted by Gasteiger charge is 2.22. The zero-order valence-electron chi connectivity index (χ0n) is 10.0. The lowest BCUT2D eigenvalue weighted by molar-refractivity contribution is 0.412. The third-order valence-electron chi connectivity index (χ3n) is 3.20. The summed E-state index contributed by atoms with van der Waals surface area (Å²) < 4.78 is 27.0. The van der Waals surface area contributed by atoms with Gasteiger partial charge in [0.2, 0.25) is 10.0 Å². The quantitative estimate of drug-likeness (QED) is 0.840. The summed E-state index contributed by atoms with van der Waals surface area (Å²) in [6.07, 6.45) is 5.16. The molecule has 1 aliphatic carbocycles. The summed E-state index contributed by atoms with van der Waals surface area (Å²) in [5.74, 6) is 0.